The van der Waals surface area contributed by atoms with Crippen LogP contribution in [0.2, 0.25) is 0 Å². The number of anilines is 2. The average Bonchev–Trinajstić information content (AvgIpc) is 2.19. The summed E-state index contributed by atoms with van der Waals surface area (Å²) in [4.78, 5) is 10.7. The van der Waals surface area contributed by atoms with Crippen molar-refractivity contribution >= 4 is 17.7 Å². The summed E-state index contributed by atoms with van der Waals surface area (Å²) in [6.07, 6.45) is 0.869. The van der Waals surface area contributed by atoms with Crippen LogP contribution in [0.1, 0.15) is 24.2 Å². The molecule has 1 aromatic rings. The lowest BCUT2D eigenvalue weighted by atomic mass is 10.1. The van der Waals surface area contributed by atoms with E-state index >= 15 is 0 Å². The third-order valence-corrected chi connectivity index (χ3v) is 1.93. The lowest BCUT2D eigenvalue weighted by Gasteiger charge is -2.09. The van der Waals surface area contributed by atoms with Gasteiger partial charge in [-0.05, 0) is 32.0 Å². The highest BCUT2D eigenvalue weighted by atomic mass is 16.1. The fourth-order valence-corrected chi connectivity index (χ4v) is 1.32. The number of carbonyl (C=O) groups excluding carboxylic acids is 1. The van der Waals surface area contributed by atoms with Gasteiger partial charge >= 0.3 is 0 Å². The number of aldehydes is 1. The molecule has 0 aliphatic carbocycles. The number of nitrogens with one attached hydrogen (secondary N) is 2. The van der Waals surface area contributed by atoms with Crippen LogP contribution in [0.3, 0.4) is 0 Å². The van der Waals surface area contributed by atoms with Crippen molar-refractivity contribution in [2.24, 2.45) is 0 Å². The molecule has 0 unspecified atom stereocenters. The van der Waals surface area contributed by atoms with E-state index in [0.29, 0.717) is 5.56 Å². The number of hydrogen-bond acceptors (Lipinski definition) is 3. The van der Waals surface area contributed by atoms with Crippen molar-refractivity contribution in [2.75, 3.05) is 23.7 Å². The maximum absolute atomic E-state index is 10.7. The van der Waals surface area contributed by atoms with Crippen molar-refractivity contribution < 1.29 is 4.79 Å². The molecule has 0 saturated carbocycles. The second-order valence-corrected chi connectivity index (χ2v) is 2.98. The van der Waals surface area contributed by atoms with Gasteiger partial charge in [-0.3, -0.25) is 4.79 Å². The monoisotopic (exact) mass is 192 g/mol. The van der Waals surface area contributed by atoms with E-state index in [9.17, 15) is 4.79 Å². The van der Waals surface area contributed by atoms with Gasteiger partial charge in [0.1, 0.15) is 0 Å². The minimum absolute atomic E-state index is 0.702. The van der Waals surface area contributed by atoms with Crippen LogP contribution < -0.4 is 10.6 Å². The summed E-state index contributed by atoms with van der Waals surface area (Å²) in [6, 6.07) is 5.69. The van der Waals surface area contributed by atoms with Crippen LogP contribution in [0.5, 0.6) is 0 Å². The van der Waals surface area contributed by atoms with Crippen LogP contribution >= 0.6 is 0 Å². The van der Waals surface area contributed by atoms with Gasteiger partial charge in [0.15, 0.2) is 6.29 Å². The second kappa shape index (κ2) is 5.27. The molecular weight excluding hydrogens is 176 g/mol. The van der Waals surface area contributed by atoms with Crippen molar-refractivity contribution in [1.29, 1.82) is 0 Å². The molecule has 0 atom stereocenters. The van der Waals surface area contributed by atoms with E-state index in [-0.39, 0.29) is 0 Å². The Kier molecular flexibility index (Phi) is 3.98. The summed E-state index contributed by atoms with van der Waals surface area (Å²) < 4.78 is 0. The predicted molar refractivity (Wildman–Crippen MR) is 60.2 cm³/mol. The lowest BCUT2D eigenvalue weighted by Crippen LogP contribution is -2.02. The summed E-state index contributed by atoms with van der Waals surface area (Å²) in [6.45, 7) is 5.75. The van der Waals surface area contributed by atoms with Gasteiger partial charge in [-0.15, -0.1) is 0 Å². The van der Waals surface area contributed by atoms with Crippen LogP contribution in [0.4, 0.5) is 11.4 Å². The number of carbonyl (C=O) groups is 1. The van der Waals surface area contributed by atoms with Crippen LogP contribution in [0.25, 0.3) is 0 Å². The van der Waals surface area contributed by atoms with Gasteiger partial charge in [-0.1, -0.05) is 0 Å². The largest absolute Gasteiger partial charge is 0.385 e. The van der Waals surface area contributed by atoms with Gasteiger partial charge < -0.3 is 10.6 Å². The van der Waals surface area contributed by atoms with Crippen LogP contribution in [0, 0.1) is 0 Å². The molecule has 14 heavy (non-hydrogen) atoms. The van der Waals surface area contributed by atoms with Gasteiger partial charge in [0.25, 0.3) is 0 Å². The van der Waals surface area contributed by atoms with Crippen LogP contribution in [0.15, 0.2) is 18.2 Å². The highest BCUT2D eigenvalue weighted by Crippen LogP contribution is 2.19. The van der Waals surface area contributed by atoms with E-state index in [2.05, 4.69) is 10.6 Å². The molecule has 0 saturated heterocycles. The van der Waals surface area contributed by atoms with Crippen molar-refractivity contribution in [2.45, 2.75) is 13.8 Å². The maximum Gasteiger partial charge on any atom is 0.152 e. The fourth-order valence-electron chi connectivity index (χ4n) is 1.32. The highest BCUT2D eigenvalue weighted by Gasteiger charge is 2.01. The molecule has 0 aliphatic heterocycles. The summed E-state index contributed by atoms with van der Waals surface area (Å²) in [5.41, 5.74) is 2.63. The Morgan fingerprint density at radius 3 is 2.50 bits per heavy atom. The SMILES string of the molecule is CCNc1ccc(C=O)c(NCC)c1. The molecule has 3 heteroatoms. The second-order valence-electron chi connectivity index (χ2n) is 2.98. The molecular formula is C11H16N2O. The first-order chi connectivity index (χ1) is 6.81. The Hall–Kier alpha value is -1.51. The van der Waals surface area contributed by atoms with Gasteiger partial charge in [0.2, 0.25) is 0 Å². The first-order valence-corrected chi connectivity index (χ1v) is 4.88. The van der Waals surface area contributed by atoms with E-state index in [1.54, 1.807) is 0 Å². The van der Waals surface area contributed by atoms with Gasteiger partial charge in [0, 0.05) is 30.0 Å². The molecule has 0 bridgehead atoms. The Morgan fingerprint density at radius 2 is 1.93 bits per heavy atom. The molecule has 0 aliphatic rings. The van der Waals surface area contributed by atoms with Crippen molar-refractivity contribution in [1.82, 2.24) is 0 Å². The Labute approximate surface area is 84.5 Å². The molecule has 0 amide bonds. The Balaban J connectivity index is 2.94. The molecule has 3 nitrogen and oxygen atoms in total. The number of benzene rings is 1. The third-order valence-electron chi connectivity index (χ3n) is 1.93. The molecule has 76 valence electrons. The summed E-state index contributed by atoms with van der Waals surface area (Å²) in [7, 11) is 0. The minimum Gasteiger partial charge on any atom is -0.385 e. The van der Waals surface area contributed by atoms with Gasteiger partial charge in [-0.25, -0.2) is 0 Å². The molecule has 1 rings (SSSR count). The fraction of sp³-hybridized carbons (Fsp3) is 0.364. The van der Waals surface area contributed by atoms with Gasteiger partial charge in [-0.2, -0.15) is 0 Å². The van der Waals surface area contributed by atoms with Gasteiger partial charge in [0.05, 0.1) is 0 Å². The molecule has 0 spiro atoms. The van der Waals surface area contributed by atoms with E-state index in [0.717, 1.165) is 30.8 Å². The van der Waals surface area contributed by atoms with E-state index in [1.807, 2.05) is 32.0 Å². The molecule has 0 heterocycles. The number of rotatable bonds is 5. The van der Waals surface area contributed by atoms with Crippen LogP contribution in [-0.4, -0.2) is 19.4 Å². The van der Waals surface area contributed by atoms with E-state index < -0.39 is 0 Å². The summed E-state index contributed by atoms with van der Waals surface area (Å²) in [5, 5.41) is 6.36. The minimum atomic E-state index is 0.702. The predicted octanol–water partition coefficient (Wildman–Crippen LogP) is 2.36. The average molecular weight is 192 g/mol. The van der Waals surface area contributed by atoms with Crippen molar-refractivity contribution in [3.05, 3.63) is 23.8 Å². The third kappa shape index (κ3) is 2.49. The summed E-state index contributed by atoms with van der Waals surface area (Å²) >= 11 is 0. The molecule has 2 N–H and O–H groups in total. The first kappa shape index (κ1) is 10.6. The zero-order chi connectivity index (χ0) is 10.4. The van der Waals surface area contributed by atoms with Crippen LogP contribution in [-0.2, 0) is 0 Å². The summed E-state index contributed by atoms with van der Waals surface area (Å²) in [5.74, 6) is 0. The zero-order valence-electron chi connectivity index (χ0n) is 8.63. The first-order valence-electron chi connectivity index (χ1n) is 4.88. The number of hydrogen-bond donors (Lipinski definition) is 2. The van der Waals surface area contributed by atoms with Crippen molar-refractivity contribution in [3.63, 3.8) is 0 Å². The molecule has 0 fully saturated rings. The standard InChI is InChI=1S/C11H16N2O/c1-3-12-10-6-5-9(8-14)11(7-10)13-4-2/h5-8,12-13H,3-4H2,1-2H3. The highest BCUT2D eigenvalue weighted by molar-refractivity contribution is 5.85. The zero-order valence-corrected chi connectivity index (χ0v) is 8.63. The normalized spacial score (nSPS) is 9.57. The van der Waals surface area contributed by atoms with E-state index in [4.69, 9.17) is 0 Å². The van der Waals surface area contributed by atoms with E-state index in [1.165, 1.54) is 0 Å². The molecule has 0 radical (unpaired) electrons. The smallest absolute Gasteiger partial charge is 0.152 e. The van der Waals surface area contributed by atoms with Crippen molar-refractivity contribution in [3.8, 4) is 0 Å². The lowest BCUT2D eigenvalue weighted by molar-refractivity contribution is 0.112. The molecule has 1 aromatic carbocycles. The molecule has 0 aromatic heterocycles. The quantitative estimate of drug-likeness (QED) is 0.704. The Bertz CT molecular complexity index is 310. The topological polar surface area (TPSA) is 41.1 Å². The Morgan fingerprint density at radius 1 is 1.21 bits per heavy atom. The maximum atomic E-state index is 10.7.